The molecule has 1 heterocycles. The molecule has 0 bridgehead atoms. The van der Waals surface area contributed by atoms with Crippen molar-refractivity contribution in [1.29, 1.82) is 0 Å². The van der Waals surface area contributed by atoms with Gasteiger partial charge in [-0.2, -0.15) is 0 Å². The minimum atomic E-state index is -0.941. The molecule has 4 heteroatoms. The molecule has 0 saturated heterocycles. The van der Waals surface area contributed by atoms with Crippen molar-refractivity contribution in [2.45, 2.75) is 19.3 Å². The van der Waals surface area contributed by atoms with Crippen LogP contribution in [0.15, 0.2) is 35.7 Å². The van der Waals surface area contributed by atoms with Crippen molar-refractivity contribution in [2.24, 2.45) is 0 Å². The molecule has 1 N–H and O–H groups in total. The molecule has 2 aromatic rings. The molecule has 17 heavy (non-hydrogen) atoms. The van der Waals surface area contributed by atoms with Crippen LogP contribution in [0.1, 0.15) is 19.5 Å². The third-order valence-corrected chi connectivity index (χ3v) is 3.59. The molecule has 0 radical (unpaired) electrons. The Bertz CT molecular complexity index is 531. The number of hydrogen-bond acceptors (Lipinski definition) is 3. The molecule has 1 aromatic carbocycles. The normalized spacial score (nSPS) is 11.4. The summed E-state index contributed by atoms with van der Waals surface area (Å²) in [5.74, 6) is -0.859. The largest absolute Gasteiger partial charge is 0.481 e. The topological polar surface area (TPSA) is 50.2 Å². The highest BCUT2D eigenvalue weighted by atomic mass is 32.1. The third-order valence-electron chi connectivity index (χ3n) is 2.70. The standard InChI is InChI=1S/C13H13NO2S/c1-13(2,12(15)16)10-8-17-11(14-10)9-6-4-3-5-7-9/h3-8H,1-2H3,(H,15,16). The summed E-state index contributed by atoms with van der Waals surface area (Å²) < 4.78 is 0. The summed E-state index contributed by atoms with van der Waals surface area (Å²) in [6, 6.07) is 9.77. The highest BCUT2D eigenvalue weighted by Crippen LogP contribution is 2.30. The van der Waals surface area contributed by atoms with Gasteiger partial charge in [0, 0.05) is 10.9 Å². The van der Waals surface area contributed by atoms with Gasteiger partial charge in [-0.05, 0) is 13.8 Å². The van der Waals surface area contributed by atoms with Crippen LogP contribution in [0.4, 0.5) is 0 Å². The van der Waals surface area contributed by atoms with Gasteiger partial charge < -0.3 is 5.11 Å². The van der Waals surface area contributed by atoms with E-state index in [2.05, 4.69) is 4.98 Å². The number of carboxylic acid groups (broad SMARTS) is 1. The van der Waals surface area contributed by atoms with Crippen molar-refractivity contribution in [1.82, 2.24) is 4.98 Å². The minimum absolute atomic E-state index is 0.605. The Balaban J connectivity index is 2.38. The molecule has 0 aliphatic rings. The number of aliphatic carboxylic acids is 1. The lowest BCUT2D eigenvalue weighted by molar-refractivity contribution is -0.142. The number of carbonyl (C=O) groups is 1. The summed E-state index contributed by atoms with van der Waals surface area (Å²) in [6.07, 6.45) is 0. The molecule has 1 aromatic heterocycles. The zero-order chi connectivity index (χ0) is 12.5. The van der Waals surface area contributed by atoms with E-state index in [0.717, 1.165) is 10.6 Å². The van der Waals surface area contributed by atoms with E-state index in [4.69, 9.17) is 5.11 Å². The quantitative estimate of drug-likeness (QED) is 0.906. The van der Waals surface area contributed by atoms with Gasteiger partial charge in [0.25, 0.3) is 0 Å². The van der Waals surface area contributed by atoms with Crippen LogP contribution in [-0.2, 0) is 10.2 Å². The Morgan fingerprint density at radius 3 is 2.53 bits per heavy atom. The van der Waals surface area contributed by atoms with Crippen molar-refractivity contribution in [2.75, 3.05) is 0 Å². The fourth-order valence-electron chi connectivity index (χ4n) is 1.38. The monoisotopic (exact) mass is 247 g/mol. The first-order valence-electron chi connectivity index (χ1n) is 5.26. The maximum absolute atomic E-state index is 11.1. The molecule has 3 nitrogen and oxygen atoms in total. The van der Waals surface area contributed by atoms with Gasteiger partial charge in [0.05, 0.1) is 5.69 Å². The van der Waals surface area contributed by atoms with E-state index < -0.39 is 11.4 Å². The second-order valence-corrected chi connectivity index (χ2v) is 5.19. The summed E-state index contributed by atoms with van der Waals surface area (Å²) >= 11 is 1.47. The molecule has 0 unspecified atom stereocenters. The predicted octanol–water partition coefficient (Wildman–Crippen LogP) is 3.17. The second-order valence-electron chi connectivity index (χ2n) is 4.33. The second kappa shape index (κ2) is 4.30. The van der Waals surface area contributed by atoms with Gasteiger partial charge in [0.1, 0.15) is 10.4 Å². The Morgan fingerprint density at radius 1 is 1.29 bits per heavy atom. The molecule has 0 spiro atoms. The van der Waals surface area contributed by atoms with E-state index >= 15 is 0 Å². The number of thiazole rings is 1. The Hall–Kier alpha value is -1.68. The molecule has 2 rings (SSSR count). The average molecular weight is 247 g/mol. The van der Waals surface area contributed by atoms with E-state index in [1.807, 2.05) is 35.7 Å². The maximum atomic E-state index is 11.1. The van der Waals surface area contributed by atoms with E-state index in [1.165, 1.54) is 11.3 Å². The Morgan fingerprint density at radius 2 is 1.94 bits per heavy atom. The van der Waals surface area contributed by atoms with Crippen LogP contribution in [0, 0.1) is 0 Å². The van der Waals surface area contributed by atoms with Gasteiger partial charge in [-0.3, -0.25) is 4.79 Å². The molecule has 88 valence electrons. The van der Waals surface area contributed by atoms with E-state index in [9.17, 15) is 4.79 Å². The first-order chi connectivity index (χ1) is 8.01. The van der Waals surface area contributed by atoms with Crippen LogP contribution < -0.4 is 0 Å². The number of aromatic nitrogens is 1. The predicted molar refractivity (Wildman–Crippen MR) is 68.2 cm³/mol. The van der Waals surface area contributed by atoms with Crippen LogP contribution in [0.5, 0.6) is 0 Å². The summed E-state index contributed by atoms with van der Waals surface area (Å²) in [7, 11) is 0. The van der Waals surface area contributed by atoms with Crippen molar-refractivity contribution in [3.63, 3.8) is 0 Å². The Kier molecular flexibility index (Phi) is 2.98. The van der Waals surface area contributed by atoms with Crippen molar-refractivity contribution < 1.29 is 9.90 Å². The van der Waals surface area contributed by atoms with E-state index in [1.54, 1.807) is 13.8 Å². The van der Waals surface area contributed by atoms with Gasteiger partial charge >= 0.3 is 5.97 Å². The van der Waals surface area contributed by atoms with Gasteiger partial charge in [0.15, 0.2) is 0 Å². The summed E-state index contributed by atoms with van der Waals surface area (Å²) in [5.41, 5.74) is 0.683. The number of carboxylic acids is 1. The number of rotatable bonds is 3. The molecule has 0 atom stereocenters. The smallest absolute Gasteiger partial charge is 0.315 e. The van der Waals surface area contributed by atoms with Gasteiger partial charge in [-0.25, -0.2) is 4.98 Å². The highest BCUT2D eigenvalue weighted by molar-refractivity contribution is 7.13. The van der Waals surface area contributed by atoms with E-state index in [-0.39, 0.29) is 0 Å². The Labute approximate surface area is 104 Å². The van der Waals surface area contributed by atoms with Gasteiger partial charge in [-0.1, -0.05) is 30.3 Å². The molecular weight excluding hydrogens is 234 g/mol. The zero-order valence-electron chi connectivity index (χ0n) is 9.68. The number of hydrogen-bond donors (Lipinski definition) is 1. The molecule has 0 saturated carbocycles. The zero-order valence-corrected chi connectivity index (χ0v) is 10.5. The molecule has 0 fully saturated rings. The van der Waals surface area contributed by atoms with Crippen LogP contribution in [0.25, 0.3) is 10.6 Å². The van der Waals surface area contributed by atoms with Crippen molar-refractivity contribution in [3.05, 3.63) is 41.4 Å². The fourth-order valence-corrected chi connectivity index (χ4v) is 2.38. The maximum Gasteiger partial charge on any atom is 0.315 e. The van der Waals surface area contributed by atoms with Crippen molar-refractivity contribution >= 4 is 17.3 Å². The minimum Gasteiger partial charge on any atom is -0.481 e. The van der Waals surface area contributed by atoms with Crippen molar-refractivity contribution in [3.8, 4) is 10.6 Å². The molecule has 0 amide bonds. The van der Waals surface area contributed by atoms with Crippen LogP contribution in [0.3, 0.4) is 0 Å². The van der Waals surface area contributed by atoms with Crippen LogP contribution in [-0.4, -0.2) is 16.1 Å². The average Bonchev–Trinajstić information content (AvgIpc) is 2.80. The fraction of sp³-hybridized carbons (Fsp3) is 0.231. The number of nitrogens with zero attached hydrogens (tertiary/aromatic N) is 1. The molecule has 0 aliphatic heterocycles. The van der Waals surface area contributed by atoms with E-state index in [0.29, 0.717) is 5.69 Å². The molecular formula is C13H13NO2S. The van der Waals surface area contributed by atoms with Gasteiger partial charge in [-0.15, -0.1) is 11.3 Å². The lowest BCUT2D eigenvalue weighted by atomic mass is 9.90. The third kappa shape index (κ3) is 2.22. The first-order valence-corrected chi connectivity index (χ1v) is 6.14. The lowest BCUT2D eigenvalue weighted by Gasteiger charge is -2.15. The summed E-state index contributed by atoms with van der Waals surface area (Å²) in [4.78, 5) is 15.5. The highest BCUT2D eigenvalue weighted by Gasteiger charge is 2.32. The first kappa shape index (κ1) is 11.8. The molecule has 0 aliphatic carbocycles. The van der Waals surface area contributed by atoms with Crippen LogP contribution >= 0.6 is 11.3 Å². The summed E-state index contributed by atoms with van der Waals surface area (Å²) in [6.45, 7) is 3.33. The van der Waals surface area contributed by atoms with Gasteiger partial charge in [0.2, 0.25) is 0 Å². The SMILES string of the molecule is CC(C)(C(=O)O)c1csc(-c2ccccc2)n1. The van der Waals surface area contributed by atoms with Crippen LogP contribution in [0.2, 0.25) is 0 Å². The summed E-state index contributed by atoms with van der Waals surface area (Å²) in [5, 5.41) is 11.8. The number of benzene rings is 1. The lowest BCUT2D eigenvalue weighted by Crippen LogP contribution is -2.28.